The van der Waals surface area contributed by atoms with Crippen LogP contribution in [0.5, 0.6) is 0 Å². The van der Waals surface area contributed by atoms with Gasteiger partial charge in [0.25, 0.3) is 0 Å². The average molecular weight is 102 g/mol. The van der Waals surface area contributed by atoms with Gasteiger partial charge in [-0.3, -0.25) is 0 Å². The van der Waals surface area contributed by atoms with Crippen LogP contribution in [0.1, 0.15) is 20.7 Å². The Hall–Kier alpha value is 0.217. The van der Waals surface area contributed by atoms with Gasteiger partial charge in [0.2, 0.25) is 0 Å². The molecular formula is C5H14Si. The lowest BCUT2D eigenvalue weighted by Crippen LogP contribution is -1.94. The van der Waals surface area contributed by atoms with Crippen molar-refractivity contribution >= 4 is 9.52 Å². The molecule has 1 saturated heterocycles. The quantitative estimate of drug-likeness (QED) is 0.406. The van der Waals surface area contributed by atoms with Crippen molar-refractivity contribution in [3.63, 3.8) is 0 Å². The molecule has 0 N–H and O–H groups in total. The van der Waals surface area contributed by atoms with Crippen LogP contribution < -0.4 is 0 Å². The van der Waals surface area contributed by atoms with Crippen LogP contribution in [-0.2, 0) is 0 Å². The SMILES string of the molecule is C1CC[SiH2]CC1.[HH]. The zero-order valence-electron chi connectivity index (χ0n) is 4.24. The minimum Gasteiger partial charge on any atom is -0.0628 e. The van der Waals surface area contributed by atoms with Gasteiger partial charge in [-0.25, -0.2) is 0 Å². The molecular weight excluding hydrogens is 88.1 g/mol. The van der Waals surface area contributed by atoms with Gasteiger partial charge in [0.1, 0.15) is 0 Å². The molecule has 0 unspecified atom stereocenters. The molecule has 0 spiro atoms. The highest BCUT2D eigenvalue weighted by Crippen LogP contribution is 2.10. The Morgan fingerprint density at radius 3 is 1.83 bits per heavy atom. The predicted molar refractivity (Wildman–Crippen MR) is 34.1 cm³/mol. The van der Waals surface area contributed by atoms with Gasteiger partial charge >= 0.3 is 0 Å². The summed E-state index contributed by atoms with van der Waals surface area (Å²) in [4.78, 5) is 0. The summed E-state index contributed by atoms with van der Waals surface area (Å²) >= 11 is 0. The summed E-state index contributed by atoms with van der Waals surface area (Å²) in [6.07, 6.45) is 4.66. The van der Waals surface area contributed by atoms with Crippen molar-refractivity contribution in [1.29, 1.82) is 0 Å². The van der Waals surface area contributed by atoms with Crippen molar-refractivity contribution in [3.8, 4) is 0 Å². The first-order valence-corrected chi connectivity index (χ1v) is 5.00. The highest BCUT2D eigenvalue weighted by Gasteiger charge is 1.96. The molecule has 38 valence electrons. The lowest BCUT2D eigenvalue weighted by Gasteiger charge is -2.04. The topological polar surface area (TPSA) is 0 Å². The molecule has 0 nitrogen and oxygen atoms in total. The Bertz CT molecular complexity index is 23.6. The Morgan fingerprint density at radius 1 is 1.00 bits per heavy atom. The van der Waals surface area contributed by atoms with E-state index in [2.05, 4.69) is 0 Å². The van der Waals surface area contributed by atoms with Gasteiger partial charge in [0.15, 0.2) is 0 Å². The molecule has 1 rings (SSSR count). The van der Waals surface area contributed by atoms with Gasteiger partial charge in [-0.05, 0) is 0 Å². The summed E-state index contributed by atoms with van der Waals surface area (Å²) in [6.45, 7) is 0. The Labute approximate surface area is 43.3 Å². The zero-order valence-corrected chi connectivity index (χ0v) is 5.66. The molecule has 1 fully saturated rings. The van der Waals surface area contributed by atoms with E-state index in [-0.39, 0.29) is 1.43 Å². The highest BCUT2D eigenvalue weighted by molar-refractivity contribution is 6.35. The van der Waals surface area contributed by atoms with E-state index in [9.17, 15) is 0 Å². The van der Waals surface area contributed by atoms with Crippen molar-refractivity contribution in [2.75, 3.05) is 0 Å². The molecule has 0 saturated carbocycles. The van der Waals surface area contributed by atoms with Gasteiger partial charge in [0, 0.05) is 10.9 Å². The third-order valence-electron chi connectivity index (χ3n) is 1.50. The van der Waals surface area contributed by atoms with Crippen LogP contribution in [0.25, 0.3) is 0 Å². The van der Waals surface area contributed by atoms with Gasteiger partial charge in [-0.15, -0.1) is 0 Å². The van der Waals surface area contributed by atoms with E-state index < -0.39 is 0 Å². The van der Waals surface area contributed by atoms with Crippen LogP contribution in [-0.4, -0.2) is 9.52 Å². The van der Waals surface area contributed by atoms with E-state index in [1.54, 1.807) is 24.9 Å². The third kappa shape index (κ3) is 1.13. The molecule has 0 amide bonds. The van der Waals surface area contributed by atoms with E-state index in [4.69, 9.17) is 0 Å². The van der Waals surface area contributed by atoms with Gasteiger partial charge in [-0.2, -0.15) is 0 Å². The van der Waals surface area contributed by atoms with Crippen molar-refractivity contribution in [1.82, 2.24) is 0 Å². The third-order valence-corrected chi connectivity index (χ3v) is 3.50. The van der Waals surface area contributed by atoms with Crippen LogP contribution in [0.2, 0.25) is 12.1 Å². The smallest absolute Gasteiger partial charge is 0.0197 e. The molecule has 6 heavy (non-hydrogen) atoms. The Morgan fingerprint density at radius 2 is 1.67 bits per heavy atom. The molecule has 0 atom stereocenters. The molecule has 1 heterocycles. The average Bonchev–Trinajstić information content (AvgIpc) is 1.72. The Kier molecular flexibility index (Phi) is 1.75. The fourth-order valence-corrected chi connectivity index (χ4v) is 2.83. The first kappa shape index (κ1) is 4.38. The van der Waals surface area contributed by atoms with Crippen LogP contribution in [0.3, 0.4) is 0 Å². The lowest BCUT2D eigenvalue weighted by molar-refractivity contribution is 0.734. The molecule has 1 aliphatic heterocycles. The maximum atomic E-state index is 1.64. The highest BCUT2D eigenvalue weighted by atomic mass is 28.2. The van der Waals surface area contributed by atoms with E-state index in [1.165, 1.54) is 6.42 Å². The molecule has 0 aromatic carbocycles. The fourth-order valence-electron chi connectivity index (χ4n) is 1.06. The van der Waals surface area contributed by atoms with Crippen molar-refractivity contribution < 1.29 is 1.43 Å². The second-order valence-electron chi connectivity index (χ2n) is 2.12. The molecule has 0 aromatic rings. The van der Waals surface area contributed by atoms with E-state index in [1.807, 2.05) is 0 Å². The predicted octanol–water partition coefficient (Wildman–Crippen LogP) is 1.42. The van der Waals surface area contributed by atoms with Gasteiger partial charge < -0.3 is 0 Å². The van der Waals surface area contributed by atoms with Crippen molar-refractivity contribution in [2.45, 2.75) is 31.4 Å². The minimum atomic E-state index is 0. The molecule has 0 aromatic heterocycles. The maximum absolute atomic E-state index is 1.64. The second kappa shape index (κ2) is 2.40. The largest absolute Gasteiger partial charge is 0.0628 e. The van der Waals surface area contributed by atoms with Crippen molar-refractivity contribution in [2.24, 2.45) is 0 Å². The van der Waals surface area contributed by atoms with Crippen LogP contribution in [0.15, 0.2) is 0 Å². The number of rotatable bonds is 0. The second-order valence-corrected chi connectivity index (χ2v) is 4.24. The number of hydrogen-bond acceptors (Lipinski definition) is 0. The monoisotopic (exact) mass is 102 g/mol. The summed E-state index contributed by atoms with van der Waals surface area (Å²) < 4.78 is 0. The molecule has 0 aliphatic carbocycles. The molecule has 0 radical (unpaired) electrons. The fraction of sp³-hybridized carbons (Fsp3) is 1.00. The maximum Gasteiger partial charge on any atom is 0.0197 e. The van der Waals surface area contributed by atoms with Gasteiger partial charge in [0.05, 0.1) is 0 Å². The first-order chi connectivity index (χ1) is 3.00. The van der Waals surface area contributed by atoms with Crippen LogP contribution >= 0.6 is 0 Å². The minimum absolute atomic E-state index is 0. The standard InChI is InChI=1S/C5H12Si.H2/c1-2-4-6-5-3-1;/h1-6H2;1H. The summed E-state index contributed by atoms with van der Waals surface area (Å²) in [7, 11) is 0.508. The lowest BCUT2D eigenvalue weighted by atomic mass is 10.3. The summed E-state index contributed by atoms with van der Waals surface area (Å²) in [5.41, 5.74) is 0. The molecule has 1 heteroatoms. The van der Waals surface area contributed by atoms with E-state index in [0.29, 0.717) is 9.52 Å². The summed E-state index contributed by atoms with van der Waals surface area (Å²) in [5.74, 6) is 0. The summed E-state index contributed by atoms with van der Waals surface area (Å²) in [6, 6.07) is 3.28. The van der Waals surface area contributed by atoms with Crippen molar-refractivity contribution in [3.05, 3.63) is 0 Å². The zero-order chi connectivity index (χ0) is 4.24. The molecule has 1 aliphatic rings. The van der Waals surface area contributed by atoms with E-state index in [0.717, 1.165) is 0 Å². The normalized spacial score (nSPS) is 24.0. The van der Waals surface area contributed by atoms with E-state index >= 15 is 0 Å². The molecule has 0 bridgehead atoms. The number of hydrogen-bond donors (Lipinski definition) is 0. The summed E-state index contributed by atoms with van der Waals surface area (Å²) in [5, 5.41) is 0. The van der Waals surface area contributed by atoms with Crippen LogP contribution in [0, 0.1) is 0 Å². The first-order valence-electron chi connectivity index (χ1n) is 3.00. The Balaban J connectivity index is 0.000000360. The van der Waals surface area contributed by atoms with Crippen LogP contribution in [0.4, 0.5) is 0 Å². The van der Waals surface area contributed by atoms with Gasteiger partial charge in [-0.1, -0.05) is 31.4 Å².